The van der Waals surface area contributed by atoms with E-state index in [4.69, 9.17) is 11.6 Å². The number of benzene rings is 1. The van der Waals surface area contributed by atoms with E-state index >= 15 is 0 Å². The van der Waals surface area contributed by atoms with Crippen LogP contribution in [0.25, 0.3) is 10.9 Å². The molecule has 0 aliphatic carbocycles. The summed E-state index contributed by atoms with van der Waals surface area (Å²) >= 11 is 5.87. The summed E-state index contributed by atoms with van der Waals surface area (Å²) < 4.78 is 0. The summed E-state index contributed by atoms with van der Waals surface area (Å²) in [5, 5.41) is 10.2. The van der Waals surface area contributed by atoms with E-state index in [1.807, 2.05) is 18.2 Å². The molecule has 0 saturated heterocycles. The topological polar surface area (TPSA) is 25.8 Å². The van der Waals surface area contributed by atoms with E-state index in [9.17, 15) is 0 Å². The molecule has 0 atom stereocenters. The van der Waals surface area contributed by atoms with Gasteiger partial charge >= 0.3 is 0 Å². The van der Waals surface area contributed by atoms with E-state index in [0.717, 1.165) is 29.4 Å². The van der Waals surface area contributed by atoms with Crippen LogP contribution in [-0.4, -0.2) is 10.2 Å². The summed E-state index contributed by atoms with van der Waals surface area (Å²) in [6.45, 7) is 2.17. The molecule has 1 aromatic heterocycles. The van der Waals surface area contributed by atoms with Gasteiger partial charge in [-0.2, -0.15) is 10.2 Å². The lowest BCUT2D eigenvalue weighted by Gasteiger charge is -2.01. The molecule has 2 nitrogen and oxygen atoms in total. The van der Waals surface area contributed by atoms with Crippen LogP contribution in [0.3, 0.4) is 0 Å². The number of unbranched alkanes of at least 4 members (excludes halogenated alkanes) is 1. The van der Waals surface area contributed by atoms with Crippen LogP contribution in [0, 0.1) is 0 Å². The Bertz CT molecular complexity index is 468. The van der Waals surface area contributed by atoms with Crippen molar-refractivity contribution in [1.29, 1.82) is 0 Å². The number of rotatable bonds is 3. The van der Waals surface area contributed by atoms with Gasteiger partial charge in [-0.25, -0.2) is 0 Å². The zero-order valence-corrected chi connectivity index (χ0v) is 9.46. The first-order valence-corrected chi connectivity index (χ1v) is 5.59. The molecular formula is C12H13ClN2. The van der Waals surface area contributed by atoms with Crippen LogP contribution in [0.1, 0.15) is 25.5 Å². The smallest absolute Gasteiger partial charge is 0.0944 e. The second-order valence-corrected chi connectivity index (χ2v) is 4.08. The molecule has 0 unspecified atom stereocenters. The van der Waals surface area contributed by atoms with E-state index in [-0.39, 0.29) is 0 Å². The molecule has 2 aromatic rings. The molecule has 0 fully saturated rings. The number of aromatic nitrogens is 2. The molecule has 0 bridgehead atoms. The second-order valence-electron chi connectivity index (χ2n) is 3.64. The van der Waals surface area contributed by atoms with Crippen molar-refractivity contribution in [2.45, 2.75) is 26.2 Å². The van der Waals surface area contributed by atoms with Crippen molar-refractivity contribution in [3.63, 3.8) is 0 Å². The van der Waals surface area contributed by atoms with E-state index in [0.29, 0.717) is 5.02 Å². The van der Waals surface area contributed by atoms with Crippen LogP contribution in [0.4, 0.5) is 0 Å². The molecule has 0 spiro atoms. The van der Waals surface area contributed by atoms with Gasteiger partial charge in [-0.3, -0.25) is 0 Å². The van der Waals surface area contributed by atoms with E-state index in [1.165, 1.54) is 6.42 Å². The minimum absolute atomic E-state index is 0.707. The largest absolute Gasteiger partial charge is 0.155 e. The summed E-state index contributed by atoms with van der Waals surface area (Å²) in [5.74, 6) is 0. The third-order valence-corrected chi connectivity index (χ3v) is 2.62. The van der Waals surface area contributed by atoms with Crippen molar-refractivity contribution < 1.29 is 0 Å². The first-order chi connectivity index (χ1) is 7.29. The monoisotopic (exact) mass is 220 g/mol. The highest BCUT2D eigenvalue weighted by Crippen LogP contribution is 2.17. The Hall–Kier alpha value is -1.15. The second kappa shape index (κ2) is 4.58. The zero-order valence-electron chi connectivity index (χ0n) is 8.70. The number of nitrogens with zero attached hydrogens (tertiary/aromatic N) is 2. The highest BCUT2D eigenvalue weighted by atomic mass is 35.5. The predicted molar refractivity (Wildman–Crippen MR) is 63.2 cm³/mol. The number of hydrogen-bond acceptors (Lipinski definition) is 2. The molecule has 0 aliphatic rings. The minimum Gasteiger partial charge on any atom is -0.155 e. The Kier molecular flexibility index (Phi) is 3.17. The Morgan fingerprint density at radius 3 is 2.87 bits per heavy atom. The lowest BCUT2D eigenvalue weighted by molar-refractivity contribution is 0.764. The van der Waals surface area contributed by atoms with Gasteiger partial charge in [0.05, 0.1) is 11.2 Å². The van der Waals surface area contributed by atoms with Gasteiger partial charge in [-0.05, 0) is 31.0 Å². The molecule has 15 heavy (non-hydrogen) atoms. The van der Waals surface area contributed by atoms with E-state index in [2.05, 4.69) is 23.2 Å². The van der Waals surface area contributed by atoms with Crippen molar-refractivity contribution in [3.8, 4) is 0 Å². The van der Waals surface area contributed by atoms with E-state index < -0.39 is 0 Å². The number of hydrogen-bond donors (Lipinski definition) is 0. The fraction of sp³-hybridized carbons (Fsp3) is 0.333. The molecule has 2 rings (SSSR count). The average Bonchev–Trinajstić information content (AvgIpc) is 2.26. The standard InChI is InChI=1S/C12H13ClN2/c1-2-3-4-11-7-9-5-6-10(13)8-12(9)15-14-11/h5-8H,2-4H2,1H3. The van der Waals surface area contributed by atoms with E-state index in [1.54, 1.807) is 0 Å². The molecule has 0 amide bonds. The van der Waals surface area contributed by atoms with Crippen molar-refractivity contribution in [1.82, 2.24) is 10.2 Å². The summed E-state index contributed by atoms with van der Waals surface area (Å²) in [5.41, 5.74) is 1.93. The van der Waals surface area contributed by atoms with Gasteiger partial charge in [0.2, 0.25) is 0 Å². The molecule has 0 N–H and O–H groups in total. The van der Waals surface area contributed by atoms with Crippen molar-refractivity contribution >= 4 is 22.5 Å². The highest BCUT2D eigenvalue weighted by Gasteiger charge is 2.00. The molecule has 1 aromatic carbocycles. The lowest BCUT2D eigenvalue weighted by atomic mass is 10.1. The lowest BCUT2D eigenvalue weighted by Crippen LogP contribution is -1.93. The fourth-order valence-corrected chi connectivity index (χ4v) is 1.70. The van der Waals surface area contributed by atoms with Gasteiger partial charge in [0.25, 0.3) is 0 Å². The quantitative estimate of drug-likeness (QED) is 0.790. The summed E-state index contributed by atoms with van der Waals surface area (Å²) in [6, 6.07) is 7.80. The molecule has 3 heteroatoms. The normalized spacial score (nSPS) is 10.8. The maximum Gasteiger partial charge on any atom is 0.0944 e. The van der Waals surface area contributed by atoms with Gasteiger partial charge < -0.3 is 0 Å². The first kappa shape index (κ1) is 10.4. The van der Waals surface area contributed by atoms with Crippen molar-refractivity contribution in [3.05, 3.63) is 35.0 Å². The maximum atomic E-state index is 5.87. The molecule has 78 valence electrons. The van der Waals surface area contributed by atoms with Crippen LogP contribution >= 0.6 is 11.6 Å². The Balaban J connectivity index is 2.34. The maximum absolute atomic E-state index is 5.87. The van der Waals surface area contributed by atoms with Crippen molar-refractivity contribution in [2.24, 2.45) is 0 Å². The first-order valence-electron chi connectivity index (χ1n) is 5.21. The Morgan fingerprint density at radius 1 is 1.20 bits per heavy atom. The molecule has 0 saturated carbocycles. The summed E-state index contributed by atoms with van der Waals surface area (Å²) in [6.07, 6.45) is 3.34. The third-order valence-electron chi connectivity index (χ3n) is 2.39. The average molecular weight is 221 g/mol. The van der Waals surface area contributed by atoms with Gasteiger partial charge in [0.1, 0.15) is 0 Å². The number of halogens is 1. The summed E-state index contributed by atoms with van der Waals surface area (Å²) in [4.78, 5) is 0. The van der Waals surface area contributed by atoms with Gasteiger partial charge in [-0.1, -0.05) is 31.0 Å². The van der Waals surface area contributed by atoms with Gasteiger partial charge in [-0.15, -0.1) is 0 Å². The van der Waals surface area contributed by atoms with Crippen LogP contribution in [0.2, 0.25) is 5.02 Å². The number of fused-ring (bicyclic) bond motifs is 1. The molecular weight excluding hydrogens is 208 g/mol. The molecule has 1 heterocycles. The fourth-order valence-electron chi connectivity index (χ4n) is 1.53. The Labute approximate surface area is 94.3 Å². The van der Waals surface area contributed by atoms with Crippen LogP contribution in [-0.2, 0) is 6.42 Å². The Morgan fingerprint density at radius 2 is 2.07 bits per heavy atom. The number of aryl methyl sites for hydroxylation is 1. The highest BCUT2D eigenvalue weighted by molar-refractivity contribution is 6.31. The van der Waals surface area contributed by atoms with Gasteiger partial charge in [0, 0.05) is 10.4 Å². The van der Waals surface area contributed by atoms with Crippen LogP contribution in [0.5, 0.6) is 0 Å². The van der Waals surface area contributed by atoms with Gasteiger partial charge in [0.15, 0.2) is 0 Å². The molecule has 0 radical (unpaired) electrons. The summed E-state index contributed by atoms with van der Waals surface area (Å²) in [7, 11) is 0. The van der Waals surface area contributed by atoms with Crippen LogP contribution in [0.15, 0.2) is 24.3 Å². The third kappa shape index (κ3) is 2.45. The zero-order chi connectivity index (χ0) is 10.7. The molecule has 0 aliphatic heterocycles. The van der Waals surface area contributed by atoms with Crippen LogP contribution < -0.4 is 0 Å². The minimum atomic E-state index is 0.707. The SMILES string of the molecule is CCCCc1cc2ccc(Cl)cc2nn1. The van der Waals surface area contributed by atoms with Crippen molar-refractivity contribution in [2.75, 3.05) is 0 Å². The predicted octanol–water partition coefficient (Wildman–Crippen LogP) is 3.63.